The summed E-state index contributed by atoms with van der Waals surface area (Å²) in [7, 11) is 0. The molecule has 1 aliphatic rings. The van der Waals surface area contributed by atoms with Gasteiger partial charge in [0, 0.05) is 18.8 Å². The van der Waals surface area contributed by atoms with Crippen LogP contribution in [0.15, 0.2) is 48.7 Å². The lowest BCUT2D eigenvalue weighted by atomic mass is 9.96. The fraction of sp³-hybridized carbons (Fsp3) is 0.278. The van der Waals surface area contributed by atoms with E-state index >= 15 is 0 Å². The first-order chi connectivity index (χ1) is 11.3. The lowest BCUT2D eigenvalue weighted by molar-refractivity contribution is -0.120. The Morgan fingerprint density at radius 2 is 2.09 bits per heavy atom. The lowest BCUT2D eigenvalue weighted by Crippen LogP contribution is -2.40. The van der Waals surface area contributed by atoms with Crippen LogP contribution in [0.2, 0.25) is 0 Å². The maximum atomic E-state index is 12.4. The number of nitrogens with zero attached hydrogens (tertiary/aromatic N) is 3. The molecule has 1 fully saturated rings. The number of amides is 1. The average molecular weight is 306 g/mol. The standard InChI is InChI=1S/C18H18N4O/c19-11-16-8-9-17(12-20-16)22-10-4-5-14(13-22)18(23)21-15-6-2-1-3-7-15/h1-3,6-9,12,14H,4-5,10,13H2,(H,21,23). The summed E-state index contributed by atoms with van der Waals surface area (Å²) in [4.78, 5) is 18.7. The molecule has 1 aromatic heterocycles. The van der Waals surface area contributed by atoms with Gasteiger partial charge in [0.2, 0.25) is 5.91 Å². The van der Waals surface area contributed by atoms with Crippen molar-refractivity contribution in [1.29, 1.82) is 5.26 Å². The second-order valence-electron chi connectivity index (χ2n) is 5.65. The Balaban J connectivity index is 1.65. The first kappa shape index (κ1) is 15.0. The second-order valence-corrected chi connectivity index (χ2v) is 5.65. The number of hydrogen-bond donors (Lipinski definition) is 1. The van der Waals surface area contributed by atoms with Gasteiger partial charge < -0.3 is 10.2 Å². The van der Waals surface area contributed by atoms with Crippen LogP contribution in [0.4, 0.5) is 11.4 Å². The number of pyridine rings is 1. The molecule has 1 aromatic carbocycles. The highest BCUT2D eigenvalue weighted by Crippen LogP contribution is 2.23. The topological polar surface area (TPSA) is 69.0 Å². The van der Waals surface area contributed by atoms with E-state index in [1.54, 1.807) is 12.3 Å². The van der Waals surface area contributed by atoms with E-state index in [9.17, 15) is 4.79 Å². The van der Waals surface area contributed by atoms with Gasteiger partial charge in [0.1, 0.15) is 11.8 Å². The molecule has 1 atom stereocenters. The van der Waals surface area contributed by atoms with Crippen molar-refractivity contribution in [3.8, 4) is 6.07 Å². The van der Waals surface area contributed by atoms with E-state index in [-0.39, 0.29) is 11.8 Å². The third kappa shape index (κ3) is 3.67. The summed E-state index contributed by atoms with van der Waals surface area (Å²) in [6, 6.07) is 15.1. The number of para-hydroxylation sites is 1. The quantitative estimate of drug-likeness (QED) is 0.946. The number of aromatic nitrogens is 1. The van der Waals surface area contributed by atoms with Crippen LogP contribution in [0.3, 0.4) is 0 Å². The molecule has 0 radical (unpaired) electrons. The number of nitriles is 1. The SMILES string of the molecule is N#Cc1ccc(N2CCCC(C(=O)Nc3ccccc3)C2)cn1. The van der Waals surface area contributed by atoms with E-state index in [4.69, 9.17) is 5.26 Å². The second kappa shape index (κ2) is 6.93. The fourth-order valence-electron chi connectivity index (χ4n) is 2.83. The van der Waals surface area contributed by atoms with Gasteiger partial charge >= 0.3 is 0 Å². The van der Waals surface area contributed by atoms with Crippen LogP contribution in [0.1, 0.15) is 18.5 Å². The lowest BCUT2D eigenvalue weighted by Gasteiger charge is -2.33. The predicted octanol–water partition coefficient (Wildman–Crippen LogP) is 2.81. The van der Waals surface area contributed by atoms with Crippen molar-refractivity contribution in [2.75, 3.05) is 23.3 Å². The molecule has 0 spiro atoms. The summed E-state index contributed by atoms with van der Waals surface area (Å²) >= 11 is 0. The molecule has 1 unspecified atom stereocenters. The van der Waals surface area contributed by atoms with Crippen molar-refractivity contribution in [2.45, 2.75) is 12.8 Å². The van der Waals surface area contributed by atoms with E-state index in [0.717, 1.165) is 30.8 Å². The van der Waals surface area contributed by atoms with E-state index in [2.05, 4.69) is 15.2 Å². The molecular formula is C18H18N4O. The van der Waals surface area contributed by atoms with Crippen molar-refractivity contribution >= 4 is 17.3 Å². The highest BCUT2D eigenvalue weighted by Gasteiger charge is 2.26. The molecule has 1 aliphatic heterocycles. The maximum Gasteiger partial charge on any atom is 0.229 e. The molecule has 1 amide bonds. The van der Waals surface area contributed by atoms with Crippen LogP contribution in [0.25, 0.3) is 0 Å². The minimum atomic E-state index is -0.0420. The molecule has 23 heavy (non-hydrogen) atoms. The number of benzene rings is 1. The summed E-state index contributed by atoms with van der Waals surface area (Å²) in [5, 5.41) is 11.8. The summed E-state index contributed by atoms with van der Waals surface area (Å²) in [6.07, 6.45) is 3.56. The molecule has 0 bridgehead atoms. The first-order valence-electron chi connectivity index (χ1n) is 7.73. The molecule has 2 heterocycles. The van der Waals surface area contributed by atoms with Crippen molar-refractivity contribution in [3.05, 3.63) is 54.4 Å². The van der Waals surface area contributed by atoms with Crippen LogP contribution in [0.5, 0.6) is 0 Å². The van der Waals surface area contributed by atoms with Crippen molar-refractivity contribution in [3.63, 3.8) is 0 Å². The van der Waals surface area contributed by atoms with E-state index in [0.29, 0.717) is 12.2 Å². The number of nitrogens with one attached hydrogen (secondary N) is 1. The van der Waals surface area contributed by atoms with Crippen LogP contribution in [-0.2, 0) is 4.79 Å². The Labute approximate surface area is 135 Å². The fourth-order valence-corrected chi connectivity index (χ4v) is 2.83. The highest BCUT2D eigenvalue weighted by atomic mass is 16.1. The number of carbonyl (C=O) groups excluding carboxylic acids is 1. The monoisotopic (exact) mass is 306 g/mol. The van der Waals surface area contributed by atoms with Gasteiger partial charge in [-0.05, 0) is 37.1 Å². The van der Waals surface area contributed by atoms with Crippen LogP contribution >= 0.6 is 0 Å². The number of rotatable bonds is 3. The van der Waals surface area contributed by atoms with E-state index < -0.39 is 0 Å². The molecule has 2 aromatic rings. The molecular weight excluding hydrogens is 288 g/mol. The third-order valence-corrected chi connectivity index (χ3v) is 4.06. The van der Waals surface area contributed by atoms with Gasteiger partial charge in [0.25, 0.3) is 0 Å². The van der Waals surface area contributed by atoms with Gasteiger partial charge in [-0.15, -0.1) is 0 Å². The molecule has 1 N–H and O–H groups in total. The van der Waals surface area contributed by atoms with Crippen LogP contribution in [-0.4, -0.2) is 24.0 Å². The Morgan fingerprint density at radius 3 is 2.78 bits per heavy atom. The van der Waals surface area contributed by atoms with Crippen LogP contribution < -0.4 is 10.2 Å². The molecule has 5 nitrogen and oxygen atoms in total. The largest absolute Gasteiger partial charge is 0.369 e. The molecule has 1 saturated heterocycles. The van der Waals surface area contributed by atoms with E-state index in [1.807, 2.05) is 42.5 Å². The smallest absolute Gasteiger partial charge is 0.229 e. The molecule has 3 rings (SSSR count). The predicted molar refractivity (Wildman–Crippen MR) is 89.0 cm³/mol. The minimum Gasteiger partial charge on any atom is -0.369 e. The highest BCUT2D eigenvalue weighted by molar-refractivity contribution is 5.93. The Morgan fingerprint density at radius 1 is 1.26 bits per heavy atom. The van der Waals surface area contributed by atoms with Gasteiger partial charge in [-0.25, -0.2) is 4.98 Å². The number of anilines is 2. The van der Waals surface area contributed by atoms with Crippen molar-refractivity contribution in [1.82, 2.24) is 4.98 Å². The summed E-state index contributed by atoms with van der Waals surface area (Å²) in [5.41, 5.74) is 2.19. The van der Waals surface area contributed by atoms with Gasteiger partial charge in [-0.3, -0.25) is 4.79 Å². The summed E-state index contributed by atoms with van der Waals surface area (Å²) < 4.78 is 0. The molecule has 116 valence electrons. The third-order valence-electron chi connectivity index (χ3n) is 4.06. The Hall–Kier alpha value is -2.87. The van der Waals surface area contributed by atoms with Gasteiger partial charge in [-0.2, -0.15) is 5.26 Å². The number of hydrogen-bond acceptors (Lipinski definition) is 4. The maximum absolute atomic E-state index is 12.4. The van der Waals surface area contributed by atoms with Crippen molar-refractivity contribution < 1.29 is 4.79 Å². The zero-order chi connectivity index (χ0) is 16.1. The zero-order valence-electron chi connectivity index (χ0n) is 12.8. The van der Waals surface area contributed by atoms with Gasteiger partial charge in [-0.1, -0.05) is 18.2 Å². The summed E-state index contributed by atoms with van der Waals surface area (Å²) in [5.74, 6) is 0.0158. The Bertz CT molecular complexity index is 706. The Kier molecular flexibility index (Phi) is 4.53. The average Bonchev–Trinajstić information content (AvgIpc) is 2.63. The van der Waals surface area contributed by atoms with Crippen molar-refractivity contribution in [2.24, 2.45) is 5.92 Å². The minimum absolute atomic E-state index is 0.0420. The number of piperidine rings is 1. The first-order valence-corrected chi connectivity index (χ1v) is 7.73. The van der Waals surface area contributed by atoms with Gasteiger partial charge in [0.15, 0.2) is 0 Å². The van der Waals surface area contributed by atoms with Crippen LogP contribution in [0, 0.1) is 17.2 Å². The molecule has 0 saturated carbocycles. The molecule has 0 aliphatic carbocycles. The van der Waals surface area contributed by atoms with E-state index in [1.165, 1.54) is 0 Å². The van der Waals surface area contributed by atoms with Gasteiger partial charge in [0.05, 0.1) is 17.8 Å². The normalized spacial score (nSPS) is 17.3. The summed E-state index contributed by atoms with van der Waals surface area (Å²) in [6.45, 7) is 1.58. The number of carbonyl (C=O) groups is 1. The molecule has 5 heteroatoms. The zero-order valence-corrected chi connectivity index (χ0v) is 12.8.